The number of unbranched alkanes of at least 4 members (excludes halogenated alkanes) is 4. The molecule has 9 heavy (non-hydrogen) atoms. The van der Waals surface area contributed by atoms with E-state index in [1.807, 2.05) is 0 Å². The summed E-state index contributed by atoms with van der Waals surface area (Å²) in [5, 5.41) is 7.00. The molecular formula is C8H20O. The van der Waals surface area contributed by atoms with Gasteiger partial charge in [0.1, 0.15) is 0 Å². The van der Waals surface area contributed by atoms with Crippen LogP contribution in [-0.4, -0.2) is 12.2 Å². The Hall–Kier alpha value is -0.0400. The SMILES string of the molecule is CCCCCCC.CO. The molecule has 58 valence electrons. The monoisotopic (exact) mass is 132 g/mol. The van der Waals surface area contributed by atoms with Crippen molar-refractivity contribution in [2.75, 3.05) is 7.11 Å². The van der Waals surface area contributed by atoms with Crippen molar-refractivity contribution in [2.45, 2.75) is 46.0 Å². The maximum Gasteiger partial charge on any atom is 0.0319 e. The van der Waals surface area contributed by atoms with Crippen molar-refractivity contribution < 1.29 is 5.11 Å². The van der Waals surface area contributed by atoms with E-state index in [1.165, 1.54) is 32.1 Å². The first-order valence-corrected chi connectivity index (χ1v) is 3.86. The van der Waals surface area contributed by atoms with Gasteiger partial charge in [-0.25, -0.2) is 0 Å². The minimum absolute atomic E-state index is 1.00. The first-order chi connectivity index (χ1) is 4.41. The number of rotatable bonds is 4. The molecule has 0 fully saturated rings. The summed E-state index contributed by atoms with van der Waals surface area (Å²) in [6.07, 6.45) is 7.01. The predicted octanol–water partition coefficient (Wildman–Crippen LogP) is 2.59. The standard InChI is InChI=1S/C7H16.CH4O/c1-3-5-7-6-4-2;1-2/h3-7H2,1-2H3;2H,1H3. The molecule has 1 nitrogen and oxygen atoms in total. The van der Waals surface area contributed by atoms with Crippen LogP contribution in [0.25, 0.3) is 0 Å². The zero-order chi connectivity index (χ0) is 7.54. The van der Waals surface area contributed by atoms with Crippen LogP contribution in [0.2, 0.25) is 0 Å². The quantitative estimate of drug-likeness (QED) is 0.583. The summed E-state index contributed by atoms with van der Waals surface area (Å²) in [7, 11) is 1.00. The fourth-order valence-electron chi connectivity index (χ4n) is 0.677. The lowest BCUT2D eigenvalue weighted by atomic mass is 10.2. The van der Waals surface area contributed by atoms with Crippen LogP contribution >= 0.6 is 0 Å². The van der Waals surface area contributed by atoms with E-state index in [9.17, 15) is 0 Å². The Kier molecular flexibility index (Phi) is 20.4. The molecule has 0 amide bonds. The lowest BCUT2D eigenvalue weighted by Gasteiger charge is -1.90. The zero-order valence-electron chi connectivity index (χ0n) is 6.98. The first-order valence-electron chi connectivity index (χ1n) is 3.86. The molecule has 0 aromatic carbocycles. The fourth-order valence-corrected chi connectivity index (χ4v) is 0.677. The highest BCUT2D eigenvalue weighted by Gasteiger charge is 1.80. The lowest BCUT2D eigenvalue weighted by Crippen LogP contribution is -1.70. The number of aliphatic hydroxyl groups excluding tert-OH is 1. The van der Waals surface area contributed by atoms with Gasteiger partial charge in [0.25, 0.3) is 0 Å². The lowest BCUT2D eigenvalue weighted by molar-refractivity contribution is 0.399. The summed E-state index contributed by atoms with van der Waals surface area (Å²) >= 11 is 0. The van der Waals surface area contributed by atoms with E-state index in [1.54, 1.807) is 0 Å². The van der Waals surface area contributed by atoms with Crippen molar-refractivity contribution in [3.8, 4) is 0 Å². The van der Waals surface area contributed by atoms with Gasteiger partial charge in [-0.1, -0.05) is 46.0 Å². The molecule has 0 saturated heterocycles. The van der Waals surface area contributed by atoms with Crippen LogP contribution in [0.1, 0.15) is 46.0 Å². The summed E-state index contributed by atoms with van der Waals surface area (Å²) in [6, 6.07) is 0. The molecule has 1 heteroatoms. The minimum atomic E-state index is 1.00. The van der Waals surface area contributed by atoms with Gasteiger partial charge in [0.15, 0.2) is 0 Å². The summed E-state index contributed by atoms with van der Waals surface area (Å²) in [5.74, 6) is 0. The molecule has 1 N–H and O–H groups in total. The van der Waals surface area contributed by atoms with Gasteiger partial charge in [0, 0.05) is 7.11 Å². The molecule has 0 bridgehead atoms. The average molecular weight is 132 g/mol. The molecule has 0 spiro atoms. The normalized spacial score (nSPS) is 8.00. The molecule has 0 heterocycles. The summed E-state index contributed by atoms with van der Waals surface area (Å²) in [6.45, 7) is 4.49. The molecule has 0 aromatic rings. The molecule has 0 rings (SSSR count). The van der Waals surface area contributed by atoms with E-state index in [4.69, 9.17) is 5.11 Å². The van der Waals surface area contributed by atoms with Crippen LogP contribution < -0.4 is 0 Å². The summed E-state index contributed by atoms with van der Waals surface area (Å²) < 4.78 is 0. The van der Waals surface area contributed by atoms with E-state index < -0.39 is 0 Å². The van der Waals surface area contributed by atoms with Gasteiger partial charge in [-0.3, -0.25) is 0 Å². The molecule has 0 radical (unpaired) electrons. The van der Waals surface area contributed by atoms with E-state index >= 15 is 0 Å². The molecule has 0 saturated carbocycles. The van der Waals surface area contributed by atoms with Gasteiger partial charge in [-0.05, 0) is 0 Å². The number of aliphatic hydroxyl groups is 1. The third-order valence-electron chi connectivity index (χ3n) is 1.21. The maximum absolute atomic E-state index is 7.00. The molecule has 0 aromatic heterocycles. The topological polar surface area (TPSA) is 20.2 Å². The van der Waals surface area contributed by atoms with Gasteiger partial charge < -0.3 is 5.11 Å². The predicted molar refractivity (Wildman–Crippen MR) is 42.6 cm³/mol. The van der Waals surface area contributed by atoms with Crippen molar-refractivity contribution in [3.63, 3.8) is 0 Å². The Morgan fingerprint density at radius 1 is 0.778 bits per heavy atom. The van der Waals surface area contributed by atoms with E-state index in [2.05, 4.69) is 13.8 Å². The van der Waals surface area contributed by atoms with E-state index in [0.717, 1.165) is 7.11 Å². The molecule has 0 unspecified atom stereocenters. The first kappa shape index (κ1) is 11.7. The van der Waals surface area contributed by atoms with Gasteiger partial charge in [-0.15, -0.1) is 0 Å². The van der Waals surface area contributed by atoms with Crippen LogP contribution in [0.3, 0.4) is 0 Å². The van der Waals surface area contributed by atoms with E-state index in [0.29, 0.717) is 0 Å². The van der Waals surface area contributed by atoms with Crippen LogP contribution in [0, 0.1) is 0 Å². The second-order valence-corrected chi connectivity index (χ2v) is 2.06. The molecule has 0 aliphatic rings. The molecule has 0 atom stereocenters. The minimum Gasteiger partial charge on any atom is -0.400 e. The summed E-state index contributed by atoms with van der Waals surface area (Å²) in [5.41, 5.74) is 0. The van der Waals surface area contributed by atoms with Gasteiger partial charge in [0.05, 0.1) is 0 Å². The van der Waals surface area contributed by atoms with Gasteiger partial charge in [0.2, 0.25) is 0 Å². The highest BCUT2D eigenvalue weighted by Crippen LogP contribution is 2.00. The molecule has 0 aliphatic heterocycles. The highest BCUT2D eigenvalue weighted by molar-refractivity contribution is 4.35. The number of hydrogen-bond donors (Lipinski definition) is 1. The fraction of sp³-hybridized carbons (Fsp3) is 1.00. The highest BCUT2D eigenvalue weighted by atomic mass is 16.2. The molecular weight excluding hydrogens is 112 g/mol. The molecule has 0 aliphatic carbocycles. The average Bonchev–Trinajstić information content (AvgIpc) is 1.94. The van der Waals surface area contributed by atoms with E-state index in [-0.39, 0.29) is 0 Å². The Morgan fingerprint density at radius 2 is 1.11 bits per heavy atom. The second kappa shape index (κ2) is 15.7. The zero-order valence-corrected chi connectivity index (χ0v) is 6.98. The van der Waals surface area contributed by atoms with Crippen LogP contribution in [0.4, 0.5) is 0 Å². The smallest absolute Gasteiger partial charge is 0.0319 e. The Labute approximate surface area is 59.1 Å². The van der Waals surface area contributed by atoms with Crippen LogP contribution in [0.15, 0.2) is 0 Å². The van der Waals surface area contributed by atoms with Gasteiger partial charge in [-0.2, -0.15) is 0 Å². The summed E-state index contributed by atoms with van der Waals surface area (Å²) in [4.78, 5) is 0. The number of hydrogen-bond acceptors (Lipinski definition) is 1. The van der Waals surface area contributed by atoms with Crippen LogP contribution in [-0.2, 0) is 0 Å². The Morgan fingerprint density at radius 3 is 1.33 bits per heavy atom. The van der Waals surface area contributed by atoms with Crippen molar-refractivity contribution in [1.29, 1.82) is 0 Å². The maximum atomic E-state index is 7.00. The third-order valence-corrected chi connectivity index (χ3v) is 1.21. The van der Waals surface area contributed by atoms with Crippen molar-refractivity contribution >= 4 is 0 Å². The second-order valence-electron chi connectivity index (χ2n) is 2.06. The van der Waals surface area contributed by atoms with Crippen LogP contribution in [0.5, 0.6) is 0 Å². The van der Waals surface area contributed by atoms with Crippen molar-refractivity contribution in [3.05, 3.63) is 0 Å². The Bertz CT molecular complexity index is 23.7. The van der Waals surface area contributed by atoms with Crippen molar-refractivity contribution in [1.82, 2.24) is 0 Å². The third kappa shape index (κ3) is 18.0. The van der Waals surface area contributed by atoms with Gasteiger partial charge >= 0.3 is 0 Å². The largest absolute Gasteiger partial charge is 0.400 e. The van der Waals surface area contributed by atoms with Crippen molar-refractivity contribution in [2.24, 2.45) is 0 Å². The Balaban J connectivity index is 0.